The van der Waals surface area contributed by atoms with Crippen molar-refractivity contribution in [2.45, 2.75) is 33.4 Å². The summed E-state index contributed by atoms with van der Waals surface area (Å²) in [5.41, 5.74) is 2.70. The van der Waals surface area contributed by atoms with Gasteiger partial charge in [-0.05, 0) is 37.6 Å². The van der Waals surface area contributed by atoms with E-state index in [0.29, 0.717) is 24.0 Å². The minimum atomic E-state index is -0.114. The number of hydrogen-bond acceptors (Lipinski definition) is 6. The van der Waals surface area contributed by atoms with Gasteiger partial charge in [0.15, 0.2) is 5.82 Å². The van der Waals surface area contributed by atoms with E-state index in [1.54, 1.807) is 6.20 Å². The van der Waals surface area contributed by atoms with Gasteiger partial charge in [-0.2, -0.15) is 10.1 Å². The average molecular weight is 376 g/mol. The highest BCUT2D eigenvalue weighted by Crippen LogP contribution is 2.21. The van der Waals surface area contributed by atoms with E-state index in [9.17, 15) is 4.79 Å². The van der Waals surface area contributed by atoms with Crippen LogP contribution in [0.1, 0.15) is 26.3 Å². The zero-order chi connectivity index (χ0) is 19.9. The maximum atomic E-state index is 11.2. The lowest BCUT2D eigenvalue weighted by atomic mass is 10.2. The molecule has 0 saturated heterocycles. The Kier molecular flexibility index (Phi) is 6.16. The molecule has 28 heavy (non-hydrogen) atoms. The summed E-state index contributed by atoms with van der Waals surface area (Å²) in [7, 11) is 0. The molecule has 0 atom stereocenters. The smallest absolute Gasteiger partial charge is 0.247 e. The van der Waals surface area contributed by atoms with Crippen LogP contribution in [-0.2, 0) is 11.3 Å². The first-order valence-corrected chi connectivity index (χ1v) is 9.16. The third-order valence-electron chi connectivity index (χ3n) is 4.08. The fourth-order valence-corrected chi connectivity index (χ4v) is 2.77. The van der Waals surface area contributed by atoms with Crippen molar-refractivity contribution in [1.29, 1.82) is 0 Å². The van der Waals surface area contributed by atoms with Crippen molar-refractivity contribution in [2.75, 3.05) is 15.5 Å². The molecule has 1 heterocycles. The summed E-state index contributed by atoms with van der Waals surface area (Å²) in [6.07, 6.45) is 1.58. The summed E-state index contributed by atoms with van der Waals surface area (Å²) in [6, 6.07) is 17.8. The number of amides is 1. The molecule has 3 aromatic rings. The molecule has 0 spiro atoms. The number of rotatable bonds is 7. The Balaban J connectivity index is 1.79. The van der Waals surface area contributed by atoms with E-state index in [1.807, 2.05) is 42.5 Å². The number of carbonyl (C=O) groups excluding carboxylic acids is 1. The van der Waals surface area contributed by atoms with E-state index in [4.69, 9.17) is 0 Å². The lowest BCUT2D eigenvalue weighted by Gasteiger charge is -2.26. The Bertz CT molecular complexity index is 929. The summed E-state index contributed by atoms with van der Waals surface area (Å²) >= 11 is 0. The van der Waals surface area contributed by atoms with Gasteiger partial charge in [0.2, 0.25) is 11.9 Å². The normalized spacial score (nSPS) is 10.6. The summed E-state index contributed by atoms with van der Waals surface area (Å²) in [6.45, 7) is 6.38. The van der Waals surface area contributed by atoms with E-state index in [-0.39, 0.29) is 11.9 Å². The van der Waals surface area contributed by atoms with Crippen molar-refractivity contribution in [3.63, 3.8) is 0 Å². The Labute approximate surface area is 164 Å². The van der Waals surface area contributed by atoms with Crippen LogP contribution in [0.4, 0.5) is 23.1 Å². The Morgan fingerprint density at radius 2 is 1.82 bits per heavy atom. The third-order valence-corrected chi connectivity index (χ3v) is 4.08. The lowest BCUT2D eigenvalue weighted by molar-refractivity contribution is -0.114. The molecule has 1 amide bonds. The number of aromatic nitrogens is 3. The van der Waals surface area contributed by atoms with Gasteiger partial charge in [0.25, 0.3) is 0 Å². The standard InChI is InChI=1S/C21H24N6O/c1-15(2)27(14-17-8-5-4-6-9-17)21-25-20(13-22-26-21)24-19-11-7-10-18(12-19)23-16(3)28/h4-13,15H,14H2,1-3H3,(H,23,28)(H,24,25,26). The van der Waals surface area contributed by atoms with Crippen molar-refractivity contribution in [2.24, 2.45) is 0 Å². The number of nitrogens with zero attached hydrogens (tertiary/aromatic N) is 4. The Morgan fingerprint density at radius 3 is 2.54 bits per heavy atom. The summed E-state index contributed by atoms with van der Waals surface area (Å²) in [5.74, 6) is 1.03. The molecule has 3 rings (SSSR count). The Morgan fingerprint density at radius 1 is 1.07 bits per heavy atom. The minimum absolute atomic E-state index is 0.114. The lowest BCUT2D eigenvalue weighted by Crippen LogP contribution is -2.32. The number of nitrogens with one attached hydrogen (secondary N) is 2. The van der Waals surface area contributed by atoms with Crippen LogP contribution in [0.5, 0.6) is 0 Å². The first kappa shape index (κ1) is 19.3. The molecule has 2 aromatic carbocycles. The predicted molar refractivity (Wildman–Crippen MR) is 112 cm³/mol. The van der Waals surface area contributed by atoms with Crippen molar-refractivity contribution >= 4 is 29.0 Å². The van der Waals surface area contributed by atoms with Crippen molar-refractivity contribution in [3.8, 4) is 0 Å². The van der Waals surface area contributed by atoms with Crippen molar-refractivity contribution in [1.82, 2.24) is 15.2 Å². The fraction of sp³-hybridized carbons (Fsp3) is 0.238. The van der Waals surface area contributed by atoms with Crippen LogP contribution in [0, 0.1) is 0 Å². The molecule has 144 valence electrons. The van der Waals surface area contributed by atoms with Crippen molar-refractivity contribution < 1.29 is 4.79 Å². The quantitative estimate of drug-likeness (QED) is 0.649. The second kappa shape index (κ2) is 8.94. The molecule has 0 bridgehead atoms. The molecule has 0 fully saturated rings. The first-order chi connectivity index (χ1) is 13.5. The molecule has 7 nitrogen and oxygen atoms in total. The zero-order valence-electron chi connectivity index (χ0n) is 16.3. The first-order valence-electron chi connectivity index (χ1n) is 9.16. The average Bonchev–Trinajstić information content (AvgIpc) is 2.67. The molecule has 0 saturated carbocycles. The highest BCUT2D eigenvalue weighted by Gasteiger charge is 2.15. The Hall–Kier alpha value is -3.48. The third kappa shape index (κ3) is 5.26. The van der Waals surface area contributed by atoms with Crippen LogP contribution >= 0.6 is 0 Å². The monoisotopic (exact) mass is 376 g/mol. The number of benzene rings is 2. The number of anilines is 4. The van der Waals surface area contributed by atoms with Crippen LogP contribution in [0.15, 0.2) is 60.8 Å². The van der Waals surface area contributed by atoms with Gasteiger partial charge in [-0.15, -0.1) is 5.10 Å². The van der Waals surface area contributed by atoms with Crippen LogP contribution in [0.2, 0.25) is 0 Å². The van der Waals surface area contributed by atoms with E-state index in [2.05, 4.69) is 56.7 Å². The van der Waals surface area contributed by atoms with Gasteiger partial charge in [0, 0.05) is 30.9 Å². The van der Waals surface area contributed by atoms with Crippen LogP contribution < -0.4 is 15.5 Å². The summed E-state index contributed by atoms with van der Waals surface area (Å²) in [4.78, 5) is 18.0. The van der Waals surface area contributed by atoms with E-state index in [0.717, 1.165) is 5.69 Å². The minimum Gasteiger partial charge on any atom is -0.339 e. The van der Waals surface area contributed by atoms with Gasteiger partial charge in [0.1, 0.15) is 0 Å². The predicted octanol–water partition coefficient (Wildman–Crippen LogP) is 3.99. The highest BCUT2D eigenvalue weighted by atomic mass is 16.1. The van der Waals surface area contributed by atoms with Gasteiger partial charge < -0.3 is 15.5 Å². The second-order valence-electron chi connectivity index (χ2n) is 6.74. The van der Waals surface area contributed by atoms with E-state index < -0.39 is 0 Å². The van der Waals surface area contributed by atoms with Crippen molar-refractivity contribution in [3.05, 3.63) is 66.4 Å². The number of carbonyl (C=O) groups is 1. The SMILES string of the molecule is CC(=O)Nc1cccc(Nc2cnnc(N(Cc3ccccc3)C(C)C)n2)c1. The molecular weight excluding hydrogens is 352 g/mol. The topological polar surface area (TPSA) is 83.0 Å². The largest absolute Gasteiger partial charge is 0.339 e. The maximum Gasteiger partial charge on any atom is 0.247 e. The molecule has 0 aliphatic heterocycles. The number of hydrogen-bond donors (Lipinski definition) is 2. The van der Waals surface area contributed by atoms with Gasteiger partial charge in [0.05, 0.1) is 6.20 Å². The van der Waals surface area contributed by atoms with Gasteiger partial charge in [-0.1, -0.05) is 36.4 Å². The molecule has 2 N–H and O–H groups in total. The van der Waals surface area contributed by atoms with Crippen LogP contribution in [0.3, 0.4) is 0 Å². The molecule has 0 radical (unpaired) electrons. The van der Waals surface area contributed by atoms with E-state index in [1.165, 1.54) is 12.5 Å². The van der Waals surface area contributed by atoms with Gasteiger partial charge in [-0.3, -0.25) is 4.79 Å². The fourth-order valence-electron chi connectivity index (χ4n) is 2.77. The maximum absolute atomic E-state index is 11.2. The second-order valence-corrected chi connectivity index (χ2v) is 6.74. The van der Waals surface area contributed by atoms with Crippen LogP contribution in [-0.4, -0.2) is 27.1 Å². The molecule has 1 aromatic heterocycles. The van der Waals surface area contributed by atoms with E-state index >= 15 is 0 Å². The summed E-state index contributed by atoms with van der Waals surface area (Å²) < 4.78 is 0. The molecule has 0 aliphatic carbocycles. The van der Waals surface area contributed by atoms with Gasteiger partial charge in [-0.25, -0.2) is 0 Å². The molecule has 0 aliphatic rings. The molecule has 0 unspecified atom stereocenters. The highest BCUT2D eigenvalue weighted by molar-refractivity contribution is 5.89. The van der Waals surface area contributed by atoms with Crippen LogP contribution in [0.25, 0.3) is 0 Å². The zero-order valence-corrected chi connectivity index (χ0v) is 16.3. The molecule has 7 heteroatoms. The van der Waals surface area contributed by atoms with Gasteiger partial charge >= 0.3 is 0 Å². The summed E-state index contributed by atoms with van der Waals surface area (Å²) in [5, 5.41) is 14.3. The molecular formula is C21H24N6O.